The molecule has 1 N–H and O–H groups in total. The molecule has 1 fully saturated rings. The summed E-state index contributed by atoms with van der Waals surface area (Å²) in [5.41, 5.74) is 1.97. The lowest BCUT2D eigenvalue weighted by Crippen LogP contribution is -2.38. The van der Waals surface area contributed by atoms with Gasteiger partial charge in [-0.05, 0) is 50.8 Å². The Balaban J connectivity index is 1.83. The molecule has 3 rings (SSSR count). The number of likely N-dealkylation sites (tertiary alicyclic amines) is 1. The third-order valence-corrected chi connectivity index (χ3v) is 4.81. The Labute approximate surface area is 165 Å². The van der Waals surface area contributed by atoms with Gasteiger partial charge in [0.05, 0.1) is 17.9 Å². The molecule has 0 saturated carbocycles. The Morgan fingerprint density at radius 1 is 1.21 bits per heavy atom. The van der Waals surface area contributed by atoms with Crippen molar-refractivity contribution in [3.63, 3.8) is 0 Å². The van der Waals surface area contributed by atoms with Crippen molar-refractivity contribution in [2.45, 2.75) is 33.6 Å². The number of piperidine rings is 1. The highest BCUT2D eigenvalue weighted by atomic mass is 16.5. The molecular weight excluding hydrogens is 356 g/mol. The van der Waals surface area contributed by atoms with E-state index in [9.17, 15) is 9.59 Å². The maximum Gasteiger partial charge on any atom is 0.340 e. The predicted octanol–water partition coefficient (Wildman–Crippen LogP) is 3.58. The van der Waals surface area contributed by atoms with Crippen molar-refractivity contribution in [1.29, 1.82) is 0 Å². The zero-order chi connectivity index (χ0) is 20.1. The number of hydrogen-bond donors (Lipinski definition) is 1. The van der Waals surface area contributed by atoms with Crippen LogP contribution in [0.5, 0.6) is 0 Å². The summed E-state index contributed by atoms with van der Waals surface area (Å²) in [6.45, 7) is 7.58. The number of aromatic nitrogens is 2. The molecule has 0 radical (unpaired) electrons. The molecule has 148 valence electrons. The minimum atomic E-state index is -0.419. The summed E-state index contributed by atoms with van der Waals surface area (Å²) in [5.74, 6) is 0.425. The first-order valence-electron chi connectivity index (χ1n) is 9.66. The molecule has 2 heterocycles. The number of carbonyl (C=O) groups excluding carboxylic acids is 2. The van der Waals surface area contributed by atoms with Crippen LogP contribution in [0, 0.1) is 12.8 Å². The summed E-state index contributed by atoms with van der Waals surface area (Å²) in [6.07, 6.45) is 2.02. The summed E-state index contributed by atoms with van der Waals surface area (Å²) < 4.78 is 5.10. The molecule has 1 saturated heterocycles. The maximum atomic E-state index is 12.9. The molecule has 0 spiro atoms. The van der Waals surface area contributed by atoms with Crippen molar-refractivity contribution in [2.75, 3.05) is 25.0 Å². The van der Waals surface area contributed by atoms with Crippen LogP contribution < -0.4 is 5.32 Å². The highest BCUT2D eigenvalue weighted by Gasteiger charge is 2.23. The van der Waals surface area contributed by atoms with E-state index < -0.39 is 5.97 Å². The van der Waals surface area contributed by atoms with E-state index in [1.165, 1.54) is 0 Å². The van der Waals surface area contributed by atoms with Gasteiger partial charge in [-0.3, -0.25) is 4.79 Å². The number of ether oxygens (including phenoxy) is 1. The first-order chi connectivity index (χ1) is 13.5. The Morgan fingerprint density at radius 2 is 1.93 bits per heavy atom. The van der Waals surface area contributed by atoms with E-state index >= 15 is 0 Å². The van der Waals surface area contributed by atoms with E-state index in [1.54, 1.807) is 31.2 Å². The lowest BCUT2D eigenvalue weighted by Gasteiger charge is -2.30. The number of rotatable bonds is 5. The van der Waals surface area contributed by atoms with Crippen LogP contribution in [0.25, 0.3) is 0 Å². The molecule has 0 unspecified atom stereocenters. The van der Waals surface area contributed by atoms with Crippen molar-refractivity contribution in [1.82, 2.24) is 14.9 Å². The molecule has 0 aliphatic carbocycles. The second-order valence-electron chi connectivity index (χ2n) is 7.08. The second kappa shape index (κ2) is 8.82. The number of aryl methyl sites for hydroxylation is 1. The predicted molar refractivity (Wildman–Crippen MR) is 107 cm³/mol. The number of para-hydroxylation sites is 1. The summed E-state index contributed by atoms with van der Waals surface area (Å²) in [5, 5.41) is 3.06. The van der Waals surface area contributed by atoms with Crippen LogP contribution in [0.4, 0.5) is 11.6 Å². The fourth-order valence-corrected chi connectivity index (χ4v) is 3.21. The van der Waals surface area contributed by atoms with Gasteiger partial charge in [-0.2, -0.15) is 0 Å². The lowest BCUT2D eigenvalue weighted by molar-refractivity contribution is 0.0527. The summed E-state index contributed by atoms with van der Waals surface area (Å²) >= 11 is 0. The van der Waals surface area contributed by atoms with Crippen LogP contribution in [0.1, 0.15) is 53.2 Å². The van der Waals surface area contributed by atoms with E-state index in [4.69, 9.17) is 4.74 Å². The van der Waals surface area contributed by atoms with Crippen LogP contribution in [0.3, 0.4) is 0 Å². The first kappa shape index (κ1) is 19.8. The van der Waals surface area contributed by atoms with E-state index in [0.29, 0.717) is 35.2 Å². The van der Waals surface area contributed by atoms with Gasteiger partial charge in [-0.25, -0.2) is 14.8 Å². The first-order valence-corrected chi connectivity index (χ1v) is 9.66. The van der Waals surface area contributed by atoms with Gasteiger partial charge in [0, 0.05) is 18.8 Å². The number of anilines is 2. The lowest BCUT2D eigenvalue weighted by atomic mass is 9.99. The largest absolute Gasteiger partial charge is 0.462 e. The monoisotopic (exact) mass is 382 g/mol. The van der Waals surface area contributed by atoms with Gasteiger partial charge in [0.2, 0.25) is 5.95 Å². The number of hydrogen-bond acceptors (Lipinski definition) is 6. The molecule has 28 heavy (non-hydrogen) atoms. The number of carbonyl (C=O) groups is 2. The van der Waals surface area contributed by atoms with Crippen LogP contribution >= 0.6 is 0 Å². The zero-order valence-electron chi connectivity index (χ0n) is 16.6. The van der Waals surface area contributed by atoms with E-state index in [0.717, 1.165) is 25.9 Å². The molecule has 0 atom stereocenters. The topological polar surface area (TPSA) is 84.4 Å². The van der Waals surface area contributed by atoms with Gasteiger partial charge in [0.15, 0.2) is 0 Å². The quantitative estimate of drug-likeness (QED) is 0.796. The summed E-state index contributed by atoms with van der Waals surface area (Å²) in [7, 11) is 0. The summed E-state index contributed by atoms with van der Waals surface area (Å²) in [6, 6.07) is 8.70. The summed E-state index contributed by atoms with van der Waals surface area (Å²) in [4.78, 5) is 35.6. The fourth-order valence-electron chi connectivity index (χ4n) is 3.21. The molecule has 0 bridgehead atoms. The van der Waals surface area contributed by atoms with Crippen molar-refractivity contribution < 1.29 is 14.3 Å². The van der Waals surface area contributed by atoms with Crippen molar-refractivity contribution in [3.8, 4) is 0 Å². The SMILES string of the molecule is CCOC(=O)c1ccccc1Nc1nc(C)cc(C(=O)N2CCC(C)CC2)n1. The van der Waals surface area contributed by atoms with Crippen LogP contribution in [0.2, 0.25) is 0 Å². The standard InChI is InChI=1S/C21H26N4O3/c1-4-28-20(27)16-7-5-6-8-17(16)23-21-22-15(3)13-18(24-21)19(26)25-11-9-14(2)10-12-25/h5-8,13-14H,4,9-12H2,1-3H3,(H,22,23,24). The van der Waals surface area contributed by atoms with Gasteiger partial charge in [0.25, 0.3) is 5.91 Å². The van der Waals surface area contributed by atoms with E-state index in [1.807, 2.05) is 17.9 Å². The zero-order valence-corrected chi connectivity index (χ0v) is 16.6. The number of nitrogens with one attached hydrogen (secondary N) is 1. The minimum Gasteiger partial charge on any atom is -0.462 e. The molecule has 1 aromatic carbocycles. The third-order valence-electron chi connectivity index (χ3n) is 4.81. The van der Waals surface area contributed by atoms with Crippen LogP contribution in [-0.2, 0) is 4.74 Å². The van der Waals surface area contributed by atoms with Gasteiger partial charge >= 0.3 is 5.97 Å². The van der Waals surface area contributed by atoms with E-state index in [2.05, 4.69) is 22.2 Å². The highest BCUT2D eigenvalue weighted by molar-refractivity contribution is 5.96. The molecule has 1 aromatic heterocycles. The van der Waals surface area contributed by atoms with Gasteiger partial charge < -0.3 is 15.0 Å². The fraction of sp³-hybridized carbons (Fsp3) is 0.429. The van der Waals surface area contributed by atoms with Crippen molar-refractivity contribution in [3.05, 3.63) is 47.3 Å². The number of benzene rings is 1. The third kappa shape index (κ3) is 4.65. The van der Waals surface area contributed by atoms with Gasteiger partial charge in [-0.1, -0.05) is 19.1 Å². The minimum absolute atomic E-state index is 0.0841. The molecule has 2 aromatic rings. The molecular formula is C21H26N4O3. The molecule has 1 aliphatic heterocycles. The molecule has 7 nitrogen and oxygen atoms in total. The Hall–Kier alpha value is -2.96. The van der Waals surface area contributed by atoms with Crippen molar-refractivity contribution >= 4 is 23.5 Å². The molecule has 1 aliphatic rings. The molecule has 1 amide bonds. The molecule has 7 heteroatoms. The normalized spacial score (nSPS) is 14.6. The maximum absolute atomic E-state index is 12.9. The highest BCUT2D eigenvalue weighted by Crippen LogP contribution is 2.22. The average molecular weight is 382 g/mol. The van der Waals surface area contributed by atoms with Crippen LogP contribution in [-0.4, -0.2) is 46.4 Å². The van der Waals surface area contributed by atoms with E-state index in [-0.39, 0.29) is 11.9 Å². The number of esters is 1. The number of amides is 1. The number of nitrogens with zero attached hydrogens (tertiary/aromatic N) is 3. The Bertz CT molecular complexity index is 860. The van der Waals surface area contributed by atoms with Gasteiger partial charge in [-0.15, -0.1) is 0 Å². The van der Waals surface area contributed by atoms with Crippen LogP contribution in [0.15, 0.2) is 30.3 Å². The van der Waals surface area contributed by atoms with Crippen molar-refractivity contribution in [2.24, 2.45) is 5.92 Å². The second-order valence-corrected chi connectivity index (χ2v) is 7.08. The Morgan fingerprint density at radius 3 is 2.64 bits per heavy atom. The average Bonchev–Trinajstić information content (AvgIpc) is 2.68. The Kier molecular flexibility index (Phi) is 6.23. The smallest absolute Gasteiger partial charge is 0.340 e. The van der Waals surface area contributed by atoms with Gasteiger partial charge in [0.1, 0.15) is 5.69 Å².